The van der Waals surface area contributed by atoms with Gasteiger partial charge in [-0.25, -0.2) is 33.1 Å². The van der Waals surface area contributed by atoms with E-state index < -0.39 is 17.3 Å². The first-order valence-electron chi connectivity index (χ1n) is 14.1. The zero-order valence-electron chi connectivity index (χ0n) is 23.5. The number of aromatic nitrogens is 5. The minimum atomic E-state index is -0.748. The van der Waals surface area contributed by atoms with Crippen molar-refractivity contribution in [1.82, 2.24) is 29.4 Å². The number of carbonyl (C=O) groups is 1. The van der Waals surface area contributed by atoms with Gasteiger partial charge in [0.05, 0.1) is 28.7 Å². The summed E-state index contributed by atoms with van der Waals surface area (Å²) in [6.45, 7) is 8.74. The SMILES string of the molecule is C=CC(=O)N1CCN(c2nc(=O)n3c4nc(c(F)cc24)-c2c(F)cccc2NCCSc2ncnc(C(C)C)c2-3)[C@H]2C[C@H]21. The largest absolute Gasteiger partial charge is 0.384 e. The third kappa shape index (κ3) is 4.44. The molecule has 13 heteroatoms. The van der Waals surface area contributed by atoms with Crippen LogP contribution in [-0.4, -0.2) is 72.8 Å². The Morgan fingerprint density at radius 2 is 2.00 bits per heavy atom. The van der Waals surface area contributed by atoms with Crippen molar-refractivity contribution >= 4 is 40.2 Å². The number of nitrogens with zero attached hydrogens (tertiary/aromatic N) is 7. The summed E-state index contributed by atoms with van der Waals surface area (Å²) in [6, 6.07) is 5.62. The smallest absolute Gasteiger partial charge is 0.355 e. The van der Waals surface area contributed by atoms with E-state index >= 15 is 8.78 Å². The summed E-state index contributed by atoms with van der Waals surface area (Å²) in [4.78, 5) is 48.4. The van der Waals surface area contributed by atoms with Crippen LogP contribution in [0.15, 0.2) is 53.1 Å². The van der Waals surface area contributed by atoms with Crippen molar-refractivity contribution in [2.75, 3.05) is 35.6 Å². The number of halogens is 2. The molecule has 1 aromatic carbocycles. The molecule has 2 atom stereocenters. The number of piperazine rings is 1. The van der Waals surface area contributed by atoms with Crippen molar-refractivity contribution in [2.45, 2.75) is 43.3 Å². The first kappa shape index (κ1) is 27.4. The zero-order chi connectivity index (χ0) is 30.0. The maximum Gasteiger partial charge on any atom is 0.355 e. The van der Waals surface area contributed by atoms with E-state index in [-0.39, 0.29) is 46.6 Å². The highest BCUT2D eigenvalue weighted by atomic mass is 32.2. The van der Waals surface area contributed by atoms with Crippen LogP contribution in [0.3, 0.4) is 0 Å². The van der Waals surface area contributed by atoms with Crippen molar-refractivity contribution in [3.63, 3.8) is 0 Å². The van der Waals surface area contributed by atoms with Crippen LogP contribution in [0, 0.1) is 11.6 Å². The molecule has 7 rings (SSSR count). The van der Waals surface area contributed by atoms with Gasteiger partial charge in [-0.3, -0.25) is 4.79 Å². The van der Waals surface area contributed by atoms with E-state index in [1.165, 1.54) is 40.9 Å². The molecular formula is C30H28F2N8O2S. The molecular weight excluding hydrogens is 574 g/mol. The molecule has 2 bridgehead atoms. The number of nitrogens with one attached hydrogen (secondary N) is 1. The van der Waals surface area contributed by atoms with Crippen molar-refractivity contribution < 1.29 is 13.6 Å². The van der Waals surface area contributed by atoms with E-state index in [1.54, 1.807) is 17.0 Å². The predicted molar refractivity (Wildman–Crippen MR) is 161 cm³/mol. The van der Waals surface area contributed by atoms with E-state index in [1.807, 2.05) is 18.7 Å². The Bertz CT molecular complexity index is 1880. The van der Waals surface area contributed by atoms with Crippen LogP contribution in [0.2, 0.25) is 0 Å². The molecule has 1 N–H and O–H groups in total. The lowest BCUT2D eigenvalue weighted by Crippen LogP contribution is -2.49. The van der Waals surface area contributed by atoms with Crippen molar-refractivity contribution in [1.29, 1.82) is 0 Å². The molecule has 2 aliphatic heterocycles. The quantitative estimate of drug-likeness (QED) is 0.274. The average Bonchev–Trinajstić information content (AvgIpc) is 3.79. The van der Waals surface area contributed by atoms with Crippen LogP contribution in [0.25, 0.3) is 28.0 Å². The normalized spacial score (nSPS) is 19.2. The summed E-state index contributed by atoms with van der Waals surface area (Å²) in [5, 5.41) is 4.07. The van der Waals surface area contributed by atoms with Gasteiger partial charge in [-0.05, 0) is 36.6 Å². The summed E-state index contributed by atoms with van der Waals surface area (Å²) < 4.78 is 32.9. The van der Waals surface area contributed by atoms with Crippen molar-refractivity contribution in [2.24, 2.45) is 0 Å². The summed E-state index contributed by atoms with van der Waals surface area (Å²) >= 11 is 1.43. The monoisotopic (exact) mass is 602 g/mol. The maximum atomic E-state index is 16.1. The molecule has 3 aromatic heterocycles. The second-order valence-electron chi connectivity index (χ2n) is 11.0. The van der Waals surface area contributed by atoms with Gasteiger partial charge in [0.1, 0.15) is 34.4 Å². The first-order chi connectivity index (χ1) is 20.8. The fraction of sp³-hybridized carbons (Fsp3) is 0.333. The second kappa shape index (κ2) is 10.4. The average molecular weight is 603 g/mol. The lowest BCUT2D eigenvalue weighted by atomic mass is 10.1. The van der Waals surface area contributed by atoms with Gasteiger partial charge in [0.25, 0.3) is 0 Å². The zero-order valence-corrected chi connectivity index (χ0v) is 24.4. The molecule has 2 fully saturated rings. The standard InChI is InChI=1S/C30H28F2N8O2S/c1-4-22(41)38-9-10-39(21-13-20(21)38)27-16-12-18(32)25-23-17(31)6-5-7-19(23)33-8-11-43-29-26(24(15(2)3)34-14-35-29)40(28(16)36-25)30(42)37-27/h4-7,12,14-15,20-21,33H,1,8-11,13H2,2-3H3/t20-,21+/m1/s1. The predicted octanol–water partition coefficient (Wildman–Crippen LogP) is 4.13. The van der Waals surface area contributed by atoms with Gasteiger partial charge in [-0.2, -0.15) is 4.98 Å². The molecule has 4 aromatic rings. The van der Waals surface area contributed by atoms with Gasteiger partial charge in [-0.15, -0.1) is 11.8 Å². The number of hydrogen-bond donors (Lipinski definition) is 1. The summed E-state index contributed by atoms with van der Waals surface area (Å²) in [6.07, 6.45) is 3.45. The third-order valence-corrected chi connectivity index (χ3v) is 9.11. The van der Waals surface area contributed by atoms with Gasteiger partial charge in [0.2, 0.25) is 5.91 Å². The number of benzene rings is 1. The molecule has 1 amide bonds. The molecule has 0 unspecified atom stereocenters. The molecule has 1 aliphatic carbocycles. The Labute approximate surface area is 249 Å². The summed E-state index contributed by atoms with van der Waals surface area (Å²) in [5.41, 5.74) is 0.697. The van der Waals surface area contributed by atoms with E-state index in [0.717, 1.165) is 0 Å². The fourth-order valence-corrected chi connectivity index (χ4v) is 6.95. The van der Waals surface area contributed by atoms with Gasteiger partial charge >= 0.3 is 5.69 Å². The highest BCUT2D eigenvalue weighted by Gasteiger charge is 2.51. The van der Waals surface area contributed by atoms with Crippen molar-refractivity contribution in [3.8, 4) is 16.9 Å². The number of amides is 1. The Morgan fingerprint density at radius 3 is 2.79 bits per heavy atom. The Kier molecular flexibility index (Phi) is 6.64. The molecule has 3 aliphatic rings. The molecule has 220 valence electrons. The minimum Gasteiger partial charge on any atom is -0.384 e. The van der Waals surface area contributed by atoms with Crippen LogP contribution in [0.4, 0.5) is 20.3 Å². The lowest BCUT2D eigenvalue weighted by Gasteiger charge is -2.35. The number of carbonyl (C=O) groups excluding carboxylic acids is 1. The Morgan fingerprint density at radius 1 is 1.16 bits per heavy atom. The summed E-state index contributed by atoms with van der Waals surface area (Å²) in [7, 11) is 0. The minimum absolute atomic E-state index is 0.0164. The molecule has 43 heavy (non-hydrogen) atoms. The van der Waals surface area contributed by atoms with E-state index in [4.69, 9.17) is 4.98 Å². The van der Waals surface area contributed by atoms with Crippen LogP contribution in [-0.2, 0) is 4.79 Å². The van der Waals surface area contributed by atoms with Gasteiger partial charge in [0.15, 0.2) is 11.5 Å². The lowest BCUT2D eigenvalue weighted by molar-refractivity contribution is -0.126. The number of anilines is 2. The highest BCUT2D eigenvalue weighted by molar-refractivity contribution is 7.99. The molecule has 1 saturated heterocycles. The Balaban J connectivity index is 1.53. The molecule has 5 heterocycles. The number of pyridine rings is 1. The number of hydrogen-bond acceptors (Lipinski definition) is 9. The second-order valence-corrected chi connectivity index (χ2v) is 12.1. The number of rotatable bonds is 3. The van der Waals surface area contributed by atoms with E-state index in [9.17, 15) is 9.59 Å². The van der Waals surface area contributed by atoms with Crippen LogP contribution < -0.4 is 15.9 Å². The van der Waals surface area contributed by atoms with Gasteiger partial charge in [0, 0.05) is 31.1 Å². The summed E-state index contributed by atoms with van der Waals surface area (Å²) in [5.74, 6) is -0.819. The van der Waals surface area contributed by atoms with Crippen LogP contribution >= 0.6 is 11.8 Å². The fourth-order valence-electron chi connectivity index (χ4n) is 6.10. The Hall–Kier alpha value is -4.39. The highest BCUT2D eigenvalue weighted by Crippen LogP contribution is 2.42. The number of thioether (sulfide) groups is 1. The van der Waals surface area contributed by atoms with Gasteiger partial charge in [-0.1, -0.05) is 26.5 Å². The first-order valence-corrected chi connectivity index (χ1v) is 15.1. The van der Waals surface area contributed by atoms with Crippen LogP contribution in [0.1, 0.15) is 31.9 Å². The van der Waals surface area contributed by atoms with Crippen LogP contribution in [0.5, 0.6) is 0 Å². The number of fused-ring (bicyclic) bond motifs is 6. The van der Waals surface area contributed by atoms with Gasteiger partial charge < -0.3 is 15.1 Å². The molecule has 0 spiro atoms. The van der Waals surface area contributed by atoms with E-state index in [2.05, 4.69) is 26.8 Å². The maximum absolute atomic E-state index is 16.1. The topological polar surface area (TPSA) is 109 Å². The van der Waals surface area contributed by atoms with E-state index in [0.29, 0.717) is 59.3 Å². The third-order valence-electron chi connectivity index (χ3n) is 8.13. The molecule has 0 radical (unpaired) electrons. The molecule has 10 nitrogen and oxygen atoms in total. The molecule has 1 saturated carbocycles. The van der Waals surface area contributed by atoms with Crippen molar-refractivity contribution in [3.05, 3.63) is 71.1 Å².